The van der Waals surface area contributed by atoms with Crippen LogP contribution in [0.4, 0.5) is 11.4 Å². The molecule has 0 bridgehead atoms. The van der Waals surface area contributed by atoms with Crippen LogP contribution >= 0.6 is 11.8 Å². The predicted molar refractivity (Wildman–Crippen MR) is 90.0 cm³/mol. The van der Waals surface area contributed by atoms with Crippen molar-refractivity contribution >= 4 is 29.1 Å². The minimum absolute atomic E-state index is 0.354. The molecule has 1 aromatic rings. The van der Waals surface area contributed by atoms with Crippen LogP contribution in [0.15, 0.2) is 18.2 Å². The standard InChI is InChI=1S/C16H24N2O2S/c1-3-20-16(19)12-10-11(8-9-13(12)17)18-14-6-4-5-7-15(14)21-2/h8-10,14-15,18H,3-7,17H2,1-2H3. The molecule has 4 nitrogen and oxygen atoms in total. The van der Waals surface area contributed by atoms with Crippen molar-refractivity contribution in [3.05, 3.63) is 23.8 Å². The number of nitrogens with one attached hydrogen (secondary N) is 1. The Morgan fingerprint density at radius 1 is 1.43 bits per heavy atom. The van der Waals surface area contributed by atoms with Gasteiger partial charge < -0.3 is 15.8 Å². The van der Waals surface area contributed by atoms with Crippen LogP contribution < -0.4 is 11.1 Å². The molecule has 0 amide bonds. The minimum atomic E-state index is -0.358. The second-order valence-corrected chi connectivity index (χ2v) is 6.41. The lowest BCUT2D eigenvalue weighted by molar-refractivity contribution is 0.0527. The molecule has 0 heterocycles. The number of carbonyl (C=O) groups excluding carboxylic acids is 1. The Labute approximate surface area is 130 Å². The van der Waals surface area contributed by atoms with Crippen molar-refractivity contribution in [2.24, 2.45) is 0 Å². The molecule has 0 saturated heterocycles. The molecule has 21 heavy (non-hydrogen) atoms. The summed E-state index contributed by atoms with van der Waals surface area (Å²) in [4.78, 5) is 11.9. The summed E-state index contributed by atoms with van der Waals surface area (Å²) in [5.74, 6) is -0.358. The van der Waals surface area contributed by atoms with Gasteiger partial charge in [0.25, 0.3) is 0 Å². The van der Waals surface area contributed by atoms with Crippen molar-refractivity contribution in [3.8, 4) is 0 Å². The van der Waals surface area contributed by atoms with E-state index < -0.39 is 0 Å². The summed E-state index contributed by atoms with van der Waals surface area (Å²) in [6.45, 7) is 2.15. The SMILES string of the molecule is CCOC(=O)c1cc(NC2CCCCC2SC)ccc1N. The van der Waals surface area contributed by atoms with Gasteiger partial charge in [-0.05, 0) is 44.2 Å². The smallest absolute Gasteiger partial charge is 0.340 e. The average Bonchev–Trinajstić information content (AvgIpc) is 2.50. The topological polar surface area (TPSA) is 64.3 Å². The summed E-state index contributed by atoms with van der Waals surface area (Å²) in [6.07, 6.45) is 7.15. The maximum Gasteiger partial charge on any atom is 0.340 e. The quantitative estimate of drug-likeness (QED) is 0.643. The van der Waals surface area contributed by atoms with Crippen molar-refractivity contribution in [1.29, 1.82) is 0 Å². The zero-order chi connectivity index (χ0) is 15.2. The molecular weight excluding hydrogens is 284 g/mol. The van der Waals surface area contributed by atoms with Gasteiger partial charge in [-0.3, -0.25) is 0 Å². The van der Waals surface area contributed by atoms with Crippen molar-refractivity contribution in [2.75, 3.05) is 23.9 Å². The molecule has 2 rings (SSSR count). The van der Waals surface area contributed by atoms with Crippen LogP contribution in [-0.4, -0.2) is 30.1 Å². The Hall–Kier alpha value is -1.36. The Kier molecular flexibility index (Phi) is 5.79. The Morgan fingerprint density at radius 3 is 2.90 bits per heavy atom. The van der Waals surface area contributed by atoms with E-state index in [1.54, 1.807) is 19.1 Å². The third-order valence-electron chi connectivity index (χ3n) is 3.91. The first-order valence-corrected chi connectivity index (χ1v) is 8.80. The van der Waals surface area contributed by atoms with Crippen molar-refractivity contribution in [3.63, 3.8) is 0 Å². The van der Waals surface area contributed by atoms with Gasteiger partial charge in [-0.15, -0.1) is 0 Å². The van der Waals surface area contributed by atoms with Crippen LogP contribution in [0.1, 0.15) is 43.0 Å². The van der Waals surface area contributed by atoms with E-state index in [0.29, 0.717) is 29.1 Å². The highest BCUT2D eigenvalue weighted by molar-refractivity contribution is 7.99. The van der Waals surface area contributed by atoms with Crippen molar-refractivity contribution in [2.45, 2.75) is 43.9 Å². The monoisotopic (exact) mass is 308 g/mol. The van der Waals surface area contributed by atoms with Gasteiger partial charge in [0.05, 0.1) is 12.2 Å². The first-order valence-electron chi connectivity index (χ1n) is 7.51. The van der Waals surface area contributed by atoms with Crippen LogP contribution in [0.25, 0.3) is 0 Å². The summed E-state index contributed by atoms with van der Waals surface area (Å²) in [5.41, 5.74) is 7.72. The summed E-state index contributed by atoms with van der Waals surface area (Å²) in [7, 11) is 0. The zero-order valence-corrected chi connectivity index (χ0v) is 13.5. The van der Waals surface area contributed by atoms with Crippen LogP contribution in [0.2, 0.25) is 0 Å². The minimum Gasteiger partial charge on any atom is -0.462 e. The number of benzene rings is 1. The lowest BCUT2D eigenvalue weighted by Gasteiger charge is -2.31. The van der Waals surface area contributed by atoms with Gasteiger partial charge in [-0.2, -0.15) is 11.8 Å². The van der Waals surface area contributed by atoms with Crippen molar-refractivity contribution in [1.82, 2.24) is 0 Å². The van der Waals surface area contributed by atoms with E-state index >= 15 is 0 Å². The summed E-state index contributed by atoms with van der Waals surface area (Å²) in [6, 6.07) is 5.96. The Bertz CT molecular complexity index is 493. The molecule has 5 heteroatoms. The highest BCUT2D eigenvalue weighted by Crippen LogP contribution is 2.30. The van der Waals surface area contributed by atoms with Gasteiger partial charge in [0.1, 0.15) is 0 Å². The first kappa shape index (κ1) is 16.0. The number of rotatable bonds is 5. The molecule has 0 spiro atoms. The highest BCUT2D eigenvalue weighted by Gasteiger charge is 2.24. The molecule has 1 fully saturated rings. The number of esters is 1. The zero-order valence-electron chi connectivity index (χ0n) is 12.7. The summed E-state index contributed by atoms with van der Waals surface area (Å²) < 4.78 is 5.05. The van der Waals surface area contributed by atoms with Gasteiger partial charge >= 0.3 is 5.97 Å². The number of nitrogens with two attached hydrogens (primary N) is 1. The van der Waals surface area contributed by atoms with Crippen LogP contribution in [0, 0.1) is 0 Å². The van der Waals surface area contributed by atoms with E-state index in [2.05, 4.69) is 11.6 Å². The third-order valence-corrected chi connectivity index (χ3v) is 5.08. The largest absolute Gasteiger partial charge is 0.462 e. The lowest BCUT2D eigenvalue weighted by atomic mass is 9.94. The molecule has 1 saturated carbocycles. The van der Waals surface area contributed by atoms with E-state index in [1.807, 2.05) is 17.8 Å². The molecule has 116 valence electrons. The molecule has 2 atom stereocenters. The second-order valence-electron chi connectivity index (χ2n) is 5.33. The summed E-state index contributed by atoms with van der Waals surface area (Å²) in [5, 5.41) is 4.19. The van der Waals surface area contributed by atoms with Crippen LogP contribution in [0.5, 0.6) is 0 Å². The number of ether oxygens (including phenoxy) is 1. The fourth-order valence-electron chi connectivity index (χ4n) is 2.79. The Balaban J connectivity index is 2.13. The van der Waals surface area contributed by atoms with E-state index in [4.69, 9.17) is 10.5 Å². The Morgan fingerprint density at radius 2 is 2.19 bits per heavy atom. The fraction of sp³-hybridized carbons (Fsp3) is 0.562. The van der Waals surface area contributed by atoms with Gasteiger partial charge in [0.2, 0.25) is 0 Å². The maximum absolute atomic E-state index is 11.9. The van der Waals surface area contributed by atoms with E-state index in [0.717, 1.165) is 5.69 Å². The molecule has 1 aromatic carbocycles. The molecule has 0 aliphatic heterocycles. The van der Waals surface area contributed by atoms with Crippen LogP contribution in [-0.2, 0) is 4.74 Å². The summed E-state index contributed by atoms with van der Waals surface area (Å²) >= 11 is 1.92. The number of nitrogen functional groups attached to an aromatic ring is 1. The van der Waals surface area contributed by atoms with E-state index in [-0.39, 0.29) is 5.97 Å². The van der Waals surface area contributed by atoms with Crippen molar-refractivity contribution < 1.29 is 9.53 Å². The molecule has 1 aliphatic rings. The number of thioether (sulfide) groups is 1. The number of carbonyl (C=O) groups is 1. The van der Waals surface area contributed by atoms with Gasteiger partial charge in [0.15, 0.2) is 0 Å². The molecule has 0 radical (unpaired) electrons. The van der Waals surface area contributed by atoms with Gasteiger partial charge in [-0.1, -0.05) is 12.8 Å². The number of hydrogen-bond acceptors (Lipinski definition) is 5. The highest BCUT2D eigenvalue weighted by atomic mass is 32.2. The van der Waals surface area contributed by atoms with E-state index in [9.17, 15) is 4.79 Å². The normalized spacial score (nSPS) is 21.8. The number of hydrogen-bond donors (Lipinski definition) is 2. The number of anilines is 2. The average molecular weight is 308 g/mol. The lowest BCUT2D eigenvalue weighted by Crippen LogP contribution is -2.34. The molecule has 3 N–H and O–H groups in total. The van der Waals surface area contributed by atoms with Gasteiger partial charge in [0, 0.05) is 22.7 Å². The molecule has 1 aliphatic carbocycles. The third kappa shape index (κ3) is 4.06. The predicted octanol–water partition coefficient (Wildman–Crippen LogP) is 3.53. The first-order chi connectivity index (χ1) is 10.2. The molecule has 2 unspecified atom stereocenters. The fourth-order valence-corrected chi connectivity index (χ4v) is 3.72. The van der Waals surface area contributed by atoms with E-state index in [1.165, 1.54) is 25.7 Å². The molecular formula is C16H24N2O2S. The second kappa shape index (κ2) is 7.59. The van der Waals surface area contributed by atoms with Crippen LogP contribution in [0.3, 0.4) is 0 Å². The maximum atomic E-state index is 11.9. The van der Waals surface area contributed by atoms with Gasteiger partial charge in [-0.25, -0.2) is 4.79 Å². The molecule has 0 aromatic heterocycles.